The van der Waals surface area contributed by atoms with Crippen LogP contribution in [-0.4, -0.2) is 0 Å². The molecule has 0 saturated heterocycles. The molecule has 5 heteroatoms. The second-order valence-corrected chi connectivity index (χ2v) is 5.48. The van der Waals surface area contributed by atoms with Gasteiger partial charge in [-0.2, -0.15) is 17.7 Å². The number of alkyl halides is 3. The zero-order chi connectivity index (χ0) is 17.2. The number of halogens is 4. The Morgan fingerprint density at radius 1 is 0.880 bits per heavy atom. The van der Waals surface area contributed by atoms with E-state index in [4.69, 9.17) is 0 Å². The highest BCUT2D eigenvalue weighted by Crippen LogP contribution is 2.32. The average molecular weight is 455 g/mol. The summed E-state index contributed by atoms with van der Waals surface area (Å²) in [4.78, 5) is 0. The minimum Gasteiger partial charge on any atom is -1.00 e. The number of rotatable bonds is 3. The molecule has 1 heterocycles. The zero-order valence-electron chi connectivity index (χ0n) is 13.6. The number of aromatic nitrogens is 1. The van der Waals surface area contributed by atoms with Gasteiger partial charge in [-0.15, -0.1) is 0 Å². The largest absolute Gasteiger partial charge is 1.00 e. The van der Waals surface area contributed by atoms with Gasteiger partial charge in [0.25, 0.3) is 0 Å². The van der Waals surface area contributed by atoms with Crippen molar-refractivity contribution in [1.82, 2.24) is 0 Å². The van der Waals surface area contributed by atoms with Crippen LogP contribution in [0, 0.1) is 0 Å². The number of fused-ring (bicyclic) bond motifs is 1. The molecule has 3 rings (SSSR count). The summed E-state index contributed by atoms with van der Waals surface area (Å²) in [6.07, 6.45) is -1.09. The van der Waals surface area contributed by atoms with E-state index in [-0.39, 0.29) is 29.5 Å². The van der Waals surface area contributed by atoms with Crippen molar-refractivity contribution < 1.29 is 41.7 Å². The maximum Gasteiger partial charge on any atom is 0.416 e. The van der Waals surface area contributed by atoms with E-state index in [0.717, 1.165) is 29.2 Å². The topological polar surface area (TPSA) is 3.88 Å². The third-order valence-corrected chi connectivity index (χ3v) is 3.99. The van der Waals surface area contributed by atoms with E-state index in [1.807, 2.05) is 43.3 Å². The molecule has 0 radical (unpaired) electrons. The number of hydrogen-bond acceptors (Lipinski definition) is 0. The van der Waals surface area contributed by atoms with Crippen LogP contribution in [0.2, 0.25) is 0 Å². The normalized spacial score (nSPS) is 11.7. The van der Waals surface area contributed by atoms with E-state index in [0.29, 0.717) is 0 Å². The van der Waals surface area contributed by atoms with Gasteiger partial charge in [-0.25, -0.2) is 0 Å². The summed E-state index contributed by atoms with van der Waals surface area (Å²) in [6, 6.07) is 17.5. The Labute approximate surface area is 161 Å². The van der Waals surface area contributed by atoms with Gasteiger partial charge in [0.2, 0.25) is 11.2 Å². The summed E-state index contributed by atoms with van der Waals surface area (Å²) in [7, 11) is 0. The number of hydrogen-bond donors (Lipinski definition) is 0. The molecule has 130 valence electrons. The lowest BCUT2D eigenvalue weighted by Gasteiger charge is -2.09. The molecule has 2 aromatic carbocycles. The first kappa shape index (κ1) is 19.4. The first-order valence-corrected chi connectivity index (χ1v) is 7.76. The lowest BCUT2D eigenvalue weighted by Crippen LogP contribution is -3.00. The minimum atomic E-state index is -4.36. The molecule has 0 atom stereocenters. The molecule has 0 fully saturated rings. The maximum absolute atomic E-state index is 13.1. The first-order valence-electron chi connectivity index (χ1n) is 7.76. The molecule has 0 unspecified atom stereocenters. The van der Waals surface area contributed by atoms with Gasteiger partial charge in [-0.1, -0.05) is 30.3 Å². The highest BCUT2D eigenvalue weighted by molar-refractivity contribution is 5.77. The van der Waals surface area contributed by atoms with E-state index in [2.05, 4.69) is 4.57 Å². The van der Waals surface area contributed by atoms with E-state index in [9.17, 15) is 13.2 Å². The summed E-state index contributed by atoms with van der Waals surface area (Å²) < 4.78 is 41.4. The molecule has 0 aliphatic carbocycles. The molecule has 0 saturated carbocycles. The van der Waals surface area contributed by atoms with Crippen LogP contribution in [0.25, 0.3) is 23.1 Å². The first-order chi connectivity index (χ1) is 11.5. The molecule has 0 aliphatic heterocycles. The van der Waals surface area contributed by atoms with Crippen LogP contribution >= 0.6 is 0 Å². The van der Waals surface area contributed by atoms with Crippen LogP contribution in [-0.2, 0) is 12.7 Å². The highest BCUT2D eigenvalue weighted by Gasteiger charge is 2.32. The van der Waals surface area contributed by atoms with Crippen molar-refractivity contribution in [2.75, 3.05) is 0 Å². The fraction of sp³-hybridized carbons (Fsp3) is 0.150. The van der Waals surface area contributed by atoms with Crippen LogP contribution in [0.5, 0.6) is 0 Å². The Bertz CT molecular complexity index is 901. The molecular formula is C20H17F3IN. The molecule has 25 heavy (non-hydrogen) atoms. The van der Waals surface area contributed by atoms with Crippen LogP contribution in [0.1, 0.15) is 23.7 Å². The standard InChI is InChI=1S/C20H17F3N.HI/c1-2-24-17(14-12-16-8-4-6-10-19(16)24)13-11-15-7-3-5-9-18(15)20(21,22)23;/h3-14H,2H2,1H3;1H/q+1;/p-1/b13-11+;. The Hall–Kier alpha value is -1.89. The summed E-state index contributed by atoms with van der Waals surface area (Å²) in [5, 5.41) is 1.10. The van der Waals surface area contributed by atoms with Gasteiger partial charge >= 0.3 is 6.18 Å². The molecular weight excluding hydrogens is 438 g/mol. The van der Waals surface area contributed by atoms with Crippen molar-refractivity contribution in [2.45, 2.75) is 19.6 Å². The molecule has 0 spiro atoms. The molecule has 3 aromatic rings. The van der Waals surface area contributed by atoms with Gasteiger partial charge in [-0.05, 0) is 36.8 Å². The number of benzene rings is 2. The molecule has 0 bridgehead atoms. The second kappa shape index (κ2) is 7.99. The number of aryl methyl sites for hydroxylation is 1. The van der Waals surface area contributed by atoms with Gasteiger partial charge in [0.1, 0.15) is 6.54 Å². The number of pyridine rings is 1. The molecule has 0 N–H and O–H groups in total. The average Bonchev–Trinajstić information content (AvgIpc) is 2.58. The third-order valence-electron chi connectivity index (χ3n) is 3.99. The fourth-order valence-corrected chi connectivity index (χ4v) is 2.85. The van der Waals surface area contributed by atoms with E-state index >= 15 is 0 Å². The zero-order valence-corrected chi connectivity index (χ0v) is 15.8. The Kier molecular flexibility index (Phi) is 6.21. The Balaban J connectivity index is 0.00000225. The van der Waals surface area contributed by atoms with Crippen molar-refractivity contribution >= 4 is 23.1 Å². The Morgan fingerprint density at radius 3 is 2.28 bits per heavy atom. The SMILES string of the molecule is CC[n+]1c(/C=C/c2ccccc2C(F)(F)F)ccc2ccccc21.[I-]. The lowest BCUT2D eigenvalue weighted by molar-refractivity contribution is -0.669. The van der Waals surface area contributed by atoms with Crippen molar-refractivity contribution in [2.24, 2.45) is 0 Å². The smallest absolute Gasteiger partial charge is 0.416 e. The minimum absolute atomic E-state index is 0. The van der Waals surface area contributed by atoms with Crippen molar-refractivity contribution in [3.05, 3.63) is 77.5 Å². The summed E-state index contributed by atoms with van der Waals surface area (Å²) >= 11 is 0. The van der Waals surface area contributed by atoms with Crippen LogP contribution in [0.15, 0.2) is 60.7 Å². The van der Waals surface area contributed by atoms with Gasteiger partial charge in [0.15, 0.2) is 0 Å². The van der Waals surface area contributed by atoms with Gasteiger partial charge in [0.05, 0.1) is 5.56 Å². The predicted molar refractivity (Wildman–Crippen MR) is 90.2 cm³/mol. The maximum atomic E-state index is 13.1. The monoisotopic (exact) mass is 455 g/mol. The van der Waals surface area contributed by atoms with Gasteiger partial charge in [-0.3, -0.25) is 0 Å². The van der Waals surface area contributed by atoms with Crippen LogP contribution in [0.4, 0.5) is 13.2 Å². The predicted octanol–water partition coefficient (Wildman–Crippen LogP) is 2.34. The van der Waals surface area contributed by atoms with Gasteiger partial charge in [0, 0.05) is 23.6 Å². The van der Waals surface area contributed by atoms with Crippen molar-refractivity contribution in [3.8, 4) is 0 Å². The van der Waals surface area contributed by atoms with Crippen molar-refractivity contribution in [3.63, 3.8) is 0 Å². The quantitative estimate of drug-likeness (QED) is 0.422. The van der Waals surface area contributed by atoms with E-state index in [1.54, 1.807) is 12.1 Å². The third kappa shape index (κ3) is 4.21. The van der Waals surface area contributed by atoms with Crippen LogP contribution in [0.3, 0.4) is 0 Å². The molecule has 0 amide bonds. The second-order valence-electron chi connectivity index (χ2n) is 5.48. The highest BCUT2D eigenvalue weighted by atomic mass is 127. The fourth-order valence-electron chi connectivity index (χ4n) is 2.85. The Morgan fingerprint density at radius 2 is 1.56 bits per heavy atom. The summed E-state index contributed by atoms with van der Waals surface area (Å²) in [5.41, 5.74) is 1.48. The van der Waals surface area contributed by atoms with E-state index in [1.165, 1.54) is 18.2 Å². The molecule has 1 aromatic heterocycles. The van der Waals surface area contributed by atoms with Crippen molar-refractivity contribution in [1.29, 1.82) is 0 Å². The summed E-state index contributed by atoms with van der Waals surface area (Å²) in [5.74, 6) is 0. The lowest BCUT2D eigenvalue weighted by atomic mass is 10.1. The summed E-state index contributed by atoms with van der Waals surface area (Å²) in [6.45, 7) is 2.76. The number of nitrogens with zero attached hydrogens (tertiary/aromatic N) is 1. The van der Waals surface area contributed by atoms with Gasteiger partial charge < -0.3 is 24.0 Å². The number of para-hydroxylation sites is 1. The van der Waals surface area contributed by atoms with E-state index < -0.39 is 11.7 Å². The van der Waals surface area contributed by atoms with Crippen LogP contribution < -0.4 is 28.5 Å². The molecule has 1 nitrogen and oxygen atoms in total. The molecule has 0 aliphatic rings.